The van der Waals surface area contributed by atoms with Crippen molar-refractivity contribution in [3.05, 3.63) is 175 Å². The van der Waals surface area contributed by atoms with Crippen molar-refractivity contribution in [2.24, 2.45) is 4.99 Å². The van der Waals surface area contributed by atoms with Crippen LogP contribution < -0.4 is 5.32 Å². The smallest absolute Gasteiger partial charge is 0.144 e. The molecule has 8 aromatic carbocycles. The molecule has 0 spiro atoms. The zero-order valence-electron chi connectivity index (χ0n) is 24.2. The molecule has 0 fully saturated rings. The molecule has 0 saturated carbocycles. The molecule has 8 rings (SSSR count). The standard InChI is InChI=1S/C42H30N2/c1-2-14-36(15-3-1)44-42(32-21-18-30(19-22-32)34-23-20-29-10-4-5-12-33(29)26-34)43-28-41-38-17-9-7-13-35(38)27-40-37-16-8-6-11-31(37)24-25-39(40)41/h1-28,42,44H. The number of para-hydroxylation sites is 1. The van der Waals surface area contributed by atoms with Crippen LogP contribution in [0.5, 0.6) is 0 Å². The quantitative estimate of drug-likeness (QED) is 0.122. The predicted octanol–water partition coefficient (Wildman–Crippen LogP) is 11.2. The molecule has 0 bridgehead atoms. The highest BCUT2D eigenvalue weighted by atomic mass is 15.1. The number of benzene rings is 8. The molecule has 44 heavy (non-hydrogen) atoms. The number of rotatable bonds is 6. The summed E-state index contributed by atoms with van der Waals surface area (Å²) >= 11 is 0. The van der Waals surface area contributed by atoms with Crippen LogP contribution in [0.3, 0.4) is 0 Å². The number of nitrogens with zero attached hydrogens (tertiary/aromatic N) is 1. The third-order valence-electron chi connectivity index (χ3n) is 8.55. The third-order valence-corrected chi connectivity index (χ3v) is 8.55. The number of nitrogens with one attached hydrogen (secondary N) is 1. The van der Waals surface area contributed by atoms with E-state index >= 15 is 0 Å². The molecule has 0 aliphatic rings. The lowest BCUT2D eigenvalue weighted by Gasteiger charge is -2.18. The second kappa shape index (κ2) is 11.2. The van der Waals surface area contributed by atoms with E-state index < -0.39 is 0 Å². The van der Waals surface area contributed by atoms with Crippen molar-refractivity contribution in [2.75, 3.05) is 5.32 Å². The van der Waals surface area contributed by atoms with Crippen LogP contribution in [0, 0.1) is 0 Å². The molecule has 0 saturated heterocycles. The van der Waals surface area contributed by atoms with Crippen LogP contribution in [-0.4, -0.2) is 6.21 Å². The molecular weight excluding hydrogens is 532 g/mol. The van der Waals surface area contributed by atoms with Crippen LogP contribution in [0.4, 0.5) is 5.69 Å². The van der Waals surface area contributed by atoms with Crippen molar-refractivity contribution in [1.82, 2.24) is 0 Å². The topological polar surface area (TPSA) is 24.4 Å². The minimum atomic E-state index is -0.266. The van der Waals surface area contributed by atoms with Gasteiger partial charge in [-0.15, -0.1) is 0 Å². The number of aliphatic imine (C=N–C) groups is 1. The molecule has 2 heteroatoms. The lowest BCUT2D eigenvalue weighted by molar-refractivity contribution is 0.843. The fourth-order valence-corrected chi connectivity index (χ4v) is 6.27. The van der Waals surface area contributed by atoms with Crippen molar-refractivity contribution in [3.8, 4) is 11.1 Å². The van der Waals surface area contributed by atoms with Gasteiger partial charge in [-0.1, -0.05) is 140 Å². The molecular formula is C42H30N2. The molecule has 0 heterocycles. The van der Waals surface area contributed by atoms with E-state index in [0.717, 1.165) is 16.8 Å². The second-order valence-electron chi connectivity index (χ2n) is 11.3. The Morgan fingerprint density at radius 1 is 0.432 bits per heavy atom. The number of hydrogen-bond acceptors (Lipinski definition) is 2. The minimum Gasteiger partial charge on any atom is -0.360 e. The highest BCUT2D eigenvalue weighted by Crippen LogP contribution is 2.34. The van der Waals surface area contributed by atoms with Gasteiger partial charge in [-0.2, -0.15) is 0 Å². The largest absolute Gasteiger partial charge is 0.360 e. The summed E-state index contributed by atoms with van der Waals surface area (Å²) in [6, 6.07) is 58.2. The molecule has 1 unspecified atom stereocenters. The predicted molar refractivity (Wildman–Crippen MR) is 189 cm³/mol. The average Bonchev–Trinajstić information content (AvgIpc) is 3.10. The van der Waals surface area contributed by atoms with Crippen LogP contribution in [-0.2, 0) is 0 Å². The van der Waals surface area contributed by atoms with Crippen LogP contribution in [0.1, 0.15) is 17.3 Å². The van der Waals surface area contributed by atoms with Crippen LogP contribution in [0.2, 0.25) is 0 Å². The molecule has 0 aromatic heterocycles. The number of fused-ring (bicyclic) bond motifs is 5. The normalized spacial score (nSPS) is 12.4. The Kier molecular flexibility index (Phi) is 6.58. The summed E-state index contributed by atoms with van der Waals surface area (Å²) in [5, 5.41) is 13.5. The first-order chi connectivity index (χ1) is 21.8. The molecule has 1 atom stereocenters. The van der Waals surface area contributed by atoms with Gasteiger partial charge in [-0.3, -0.25) is 4.99 Å². The maximum absolute atomic E-state index is 5.25. The van der Waals surface area contributed by atoms with E-state index in [1.165, 1.54) is 54.2 Å². The zero-order chi connectivity index (χ0) is 29.3. The Morgan fingerprint density at radius 2 is 1.07 bits per heavy atom. The molecule has 0 radical (unpaired) electrons. The second-order valence-corrected chi connectivity index (χ2v) is 11.3. The molecule has 8 aromatic rings. The van der Waals surface area contributed by atoms with Gasteiger partial charge in [-0.25, -0.2) is 0 Å². The van der Waals surface area contributed by atoms with Gasteiger partial charge in [0.15, 0.2) is 0 Å². The van der Waals surface area contributed by atoms with Gasteiger partial charge >= 0.3 is 0 Å². The van der Waals surface area contributed by atoms with Crippen LogP contribution in [0.25, 0.3) is 54.2 Å². The first kappa shape index (κ1) is 25.9. The fourth-order valence-electron chi connectivity index (χ4n) is 6.27. The van der Waals surface area contributed by atoms with Crippen molar-refractivity contribution >= 4 is 55.0 Å². The van der Waals surface area contributed by atoms with Crippen molar-refractivity contribution < 1.29 is 0 Å². The van der Waals surface area contributed by atoms with Crippen LogP contribution >= 0.6 is 0 Å². The Hall–Kier alpha value is -5.73. The van der Waals surface area contributed by atoms with Crippen molar-refractivity contribution in [2.45, 2.75) is 6.17 Å². The van der Waals surface area contributed by atoms with E-state index in [1.807, 2.05) is 6.07 Å². The number of hydrogen-bond donors (Lipinski definition) is 1. The van der Waals surface area contributed by atoms with E-state index in [9.17, 15) is 0 Å². The van der Waals surface area contributed by atoms with Gasteiger partial charge in [0.05, 0.1) is 0 Å². The highest BCUT2D eigenvalue weighted by molar-refractivity contribution is 6.20. The summed E-state index contributed by atoms with van der Waals surface area (Å²) < 4.78 is 0. The maximum Gasteiger partial charge on any atom is 0.144 e. The summed E-state index contributed by atoms with van der Waals surface area (Å²) in [5.41, 5.74) is 5.66. The Labute approximate surface area is 257 Å². The molecule has 0 aliphatic carbocycles. The minimum absolute atomic E-state index is 0.266. The Bertz CT molecular complexity index is 2300. The molecule has 2 nitrogen and oxygen atoms in total. The monoisotopic (exact) mass is 562 g/mol. The fraction of sp³-hybridized carbons (Fsp3) is 0.0238. The SMILES string of the molecule is C(=NC(Nc1ccccc1)c1ccc(-c2ccc3ccccc3c2)cc1)c1c2ccccc2cc2c1ccc1ccccc12. The Morgan fingerprint density at radius 3 is 1.89 bits per heavy atom. The van der Waals surface area contributed by atoms with E-state index in [1.54, 1.807) is 0 Å². The zero-order valence-corrected chi connectivity index (χ0v) is 24.2. The van der Waals surface area contributed by atoms with Gasteiger partial charge in [0.25, 0.3) is 0 Å². The lowest BCUT2D eigenvalue weighted by Crippen LogP contribution is -2.09. The molecule has 208 valence electrons. The lowest BCUT2D eigenvalue weighted by atomic mass is 9.94. The highest BCUT2D eigenvalue weighted by Gasteiger charge is 2.13. The van der Waals surface area contributed by atoms with E-state index in [0.29, 0.717) is 0 Å². The third kappa shape index (κ3) is 4.87. The summed E-state index contributed by atoms with van der Waals surface area (Å²) in [7, 11) is 0. The molecule has 1 N–H and O–H groups in total. The maximum atomic E-state index is 5.25. The van der Waals surface area contributed by atoms with Gasteiger partial charge in [0.1, 0.15) is 6.17 Å². The van der Waals surface area contributed by atoms with Crippen molar-refractivity contribution in [3.63, 3.8) is 0 Å². The van der Waals surface area contributed by atoms with Gasteiger partial charge in [0.2, 0.25) is 0 Å². The average molecular weight is 563 g/mol. The number of anilines is 1. The van der Waals surface area contributed by atoms with Gasteiger partial charge in [-0.05, 0) is 84.0 Å². The first-order valence-corrected chi connectivity index (χ1v) is 15.1. The summed E-state index contributed by atoms with van der Waals surface area (Å²) in [5.74, 6) is 0. The van der Waals surface area contributed by atoms with Gasteiger partial charge < -0.3 is 5.32 Å². The van der Waals surface area contributed by atoms with Crippen molar-refractivity contribution in [1.29, 1.82) is 0 Å². The summed E-state index contributed by atoms with van der Waals surface area (Å²) in [4.78, 5) is 5.25. The summed E-state index contributed by atoms with van der Waals surface area (Å²) in [6.45, 7) is 0. The summed E-state index contributed by atoms with van der Waals surface area (Å²) in [6.07, 6.45) is 1.80. The molecule has 0 aliphatic heterocycles. The Balaban J connectivity index is 1.22. The van der Waals surface area contributed by atoms with Crippen LogP contribution in [0.15, 0.2) is 169 Å². The first-order valence-electron chi connectivity index (χ1n) is 15.1. The van der Waals surface area contributed by atoms with E-state index in [4.69, 9.17) is 4.99 Å². The van der Waals surface area contributed by atoms with E-state index in [-0.39, 0.29) is 6.17 Å². The molecule has 0 amide bonds. The van der Waals surface area contributed by atoms with Gasteiger partial charge in [0, 0.05) is 17.5 Å². The van der Waals surface area contributed by atoms with E-state index in [2.05, 4.69) is 169 Å².